The Bertz CT molecular complexity index is 503. The fourth-order valence-electron chi connectivity index (χ4n) is 2.93. The zero-order valence-corrected chi connectivity index (χ0v) is 12.0. The highest BCUT2D eigenvalue weighted by Gasteiger charge is 2.32. The molecule has 1 aromatic rings. The van der Waals surface area contributed by atoms with Crippen molar-refractivity contribution in [2.75, 3.05) is 27.0 Å². The summed E-state index contributed by atoms with van der Waals surface area (Å²) < 4.78 is 16.4. The molecule has 0 amide bonds. The van der Waals surface area contributed by atoms with Gasteiger partial charge in [0.15, 0.2) is 11.5 Å². The molecule has 2 heterocycles. The lowest BCUT2D eigenvalue weighted by Crippen LogP contribution is -2.34. The van der Waals surface area contributed by atoms with Gasteiger partial charge in [-0.1, -0.05) is 13.3 Å². The molecule has 1 atom stereocenters. The van der Waals surface area contributed by atoms with Crippen molar-refractivity contribution in [2.45, 2.75) is 32.4 Å². The molecule has 20 heavy (non-hydrogen) atoms. The molecule has 5 heteroatoms. The Morgan fingerprint density at radius 2 is 2.30 bits per heavy atom. The average Bonchev–Trinajstić information content (AvgIpc) is 2.91. The lowest BCUT2D eigenvalue weighted by molar-refractivity contribution is 0.0900. The van der Waals surface area contributed by atoms with Crippen LogP contribution >= 0.6 is 0 Å². The number of aliphatic hydroxyl groups is 1. The van der Waals surface area contributed by atoms with Crippen molar-refractivity contribution in [3.63, 3.8) is 0 Å². The third-order valence-corrected chi connectivity index (χ3v) is 3.96. The number of rotatable bonds is 4. The van der Waals surface area contributed by atoms with E-state index in [1.165, 1.54) is 0 Å². The summed E-state index contributed by atoms with van der Waals surface area (Å²) >= 11 is 0. The maximum atomic E-state index is 10.4. The third-order valence-electron chi connectivity index (χ3n) is 3.96. The number of aliphatic hydroxyl groups excluding tert-OH is 1. The van der Waals surface area contributed by atoms with Crippen LogP contribution in [0.15, 0.2) is 6.07 Å². The van der Waals surface area contributed by atoms with Crippen molar-refractivity contribution in [1.82, 2.24) is 4.90 Å². The standard InChI is InChI=1S/C15H21NO4/c1-3-4-5-16-7-11-10(12(17)8-16)6-13-15(14(11)18-2)20-9-19-13/h6,12,17H,3-5,7-9H2,1-2H3/t12-/m0/s1. The summed E-state index contributed by atoms with van der Waals surface area (Å²) in [5.74, 6) is 2.03. The smallest absolute Gasteiger partial charge is 0.231 e. The van der Waals surface area contributed by atoms with E-state index >= 15 is 0 Å². The zero-order chi connectivity index (χ0) is 14.1. The SMILES string of the molecule is CCCCN1Cc2c(cc3c(c2OC)OCO3)[C@@H](O)C1. The maximum Gasteiger partial charge on any atom is 0.231 e. The first kappa shape index (κ1) is 13.5. The molecular weight excluding hydrogens is 258 g/mol. The van der Waals surface area contributed by atoms with Gasteiger partial charge < -0.3 is 19.3 Å². The first-order valence-corrected chi connectivity index (χ1v) is 7.14. The highest BCUT2D eigenvalue weighted by molar-refractivity contribution is 5.61. The minimum absolute atomic E-state index is 0.213. The molecule has 0 saturated heterocycles. The van der Waals surface area contributed by atoms with Gasteiger partial charge in [0.2, 0.25) is 12.5 Å². The predicted octanol–water partition coefficient (Wildman–Crippen LogP) is 2.07. The molecule has 3 rings (SSSR count). The van der Waals surface area contributed by atoms with Gasteiger partial charge in [-0.05, 0) is 24.6 Å². The Balaban J connectivity index is 1.97. The molecule has 0 aromatic heterocycles. The third kappa shape index (κ3) is 2.21. The molecule has 0 spiro atoms. The number of fused-ring (bicyclic) bond motifs is 2. The van der Waals surface area contributed by atoms with Crippen LogP contribution in [-0.4, -0.2) is 37.0 Å². The van der Waals surface area contributed by atoms with Gasteiger partial charge in [0.05, 0.1) is 13.2 Å². The largest absolute Gasteiger partial charge is 0.492 e. The number of benzene rings is 1. The van der Waals surface area contributed by atoms with Crippen LogP contribution in [-0.2, 0) is 6.54 Å². The van der Waals surface area contributed by atoms with Crippen molar-refractivity contribution < 1.29 is 19.3 Å². The Morgan fingerprint density at radius 3 is 3.05 bits per heavy atom. The van der Waals surface area contributed by atoms with Gasteiger partial charge in [-0.15, -0.1) is 0 Å². The monoisotopic (exact) mass is 279 g/mol. The van der Waals surface area contributed by atoms with Gasteiger partial charge >= 0.3 is 0 Å². The normalized spacial score (nSPS) is 20.9. The second kappa shape index (κ2) is 5.50. The number of nitrogens with zero attached hydrogens (tertiary/aromatic N) is 1. The van der Waals surface area contributed by atoms with Gasteiger partial charge in [0, 0.05) is 18.7 Å². The van der Waals surface area contributed by atoms with Crippen LogP contribution in [0, 0.1) is 0 Å². The van der Waals surface area contributed by atoms with E-state index in [4.69, 9.17) is 14.2 Å². The van der Waals surface area contributed by atoms with Crippen molar-refractivity contribution >= 4 is 0 Å². The molecule has 0 unspecified atom stereocenters. The summed E-state index contributed by atoms with van der Waals surface area (Å²) in [6.45, 7) is 4.82. The first-order chi connectivity index (χ1) is 9.74. The van der Waals surface area contributed by atoms with Crippen molar-refractivity contribution in [2.24, 2.45) is 0 Å². The van der Waals surface area contributed by atoms with Crippen LogP contribution in [0.4, 0.5) is 0 Å². The van der Waals surface area contributed by atoms with Gasteiger partial charge in [-0.25, -0.2) is 0 Å². The van der Waals surface area contributed by atoms with E-state index in [1.807, 2.05) is 6.07 Å². The molecule has 2 aliphatic rings. The van der Waals surface area contributed by atoms with E-state index in [0.29, 0.717) is 23.8 Å². The van der Waals surface area contributed by atoms with E-state index in [9.17, 15) is 5.11 Å². The molecule has 110 valence electrons. The van der Waals surface area contributed by atoms with Crippen LogP contribution in [0.3, 0.4) is 0 Å². The lowest BCUT2D eigenvalue weighted by Gasteiger charge is -2.33. The number of unbranched alkanes of at least 4 members (excludes halogenated alkanes) is 1. The first-order valence-electron chi connectivity index (χ1n) is 7.14. The molecule has 1 aromatic carbocycles. The van der Waals surface area contributed by atoms with Crippen LogP contribution < -0.4 is 14.2 Å². The van der Waals surface area contributed by atoms with Crippen LogP contribution in [0.2, 0.25) is 0 Å². The van der Waals surface area contributed by atoms with Crippen LogP contribution in [0.1, 0.15) is 37.0 Å². The summed E-state index contributed by atoms with van der Waals surface area (Å²) in [6, 6.07) is 1.89. The van der Waals surface area contributed by atoms with E-state index in [0.717, 1.165) is 37.1 Å². The molecular formula is C15H21NO4. The molecule has 2 aliphatic heterocycles. The highest BCUT2D eigenvalue weighted by Crippen LogP contribution is 2.48. The van der Waals surface area contributed by atoms with E-state index in [2.05, 4.69) is 11.8 Å². The lowest BCUT2D eigenvalue weighted by atomic mass is 9.95. The number of ether oxygens (including phenoxy) is 3. The van der Waals surface area contributed by atoms with Crippen LogP contribution in [0.5, 0.6) is 17.2 Å². The summed E-state index contributed by atoms with van der Waals surface area (Å²) in [4.78, 5) is 2.27. The van der Waals surface area contributed by atoms with Gasteiger partial charge in [-0.3, -0.25) is 4.90 Å². The Labute approximate surface area is 119 Å². The molecule has 0 saturated carbocycles. The molecule has 1 N–H and O–H groups in total. The Morgan fingerprint density at radius 1 is 1.45 bits per heavy atom. The average molecular weight is 279 g/mol. The van der Waals surface area contributed by atoms with E-state index < -0.39 is 6.10 Å². The number of β-amino-alcohol motifs (C(OH)–C–C–N with tert-alkyl or cyclic N) is 1. The number of hydrogen-bond acceptors (Lipinski definition) is 5. The second-order valence-electron chi connectivity index (χ2n) is 5.32. The highest BCUT2D eigenvalue weighted by atomic mass is 16.7. The minimum atomic E-state index is -0.501. The summed E-state index contributed by atoms with van der Waals surface area (Å²) in [5, 5.41) is 10.4. The van der Waals surface area contributed by atoms with Gasteiger partial charge in [-0.2, -0.15) is 0 Å². The number of methoxy groups -OCH3 is 1. The van der Waals surface area contributed by atoms with Gasteiger partial charge in [0.1, 0.15) is 0 Å². The molecule has 0 fully saturated rings. The predicted molar refractivity (Wildman–Crippen MR) is 74.3 cm³/mol. The molecule has 0 bridgehead atoms. The zero-order valence-electron chi connectivity index (χ0n) is 12.0. The Kier molecular flexibility index (Phi) is 3.72. The second-order valence-corrected chi connectivity index (χ2v) is 5.32. The van der Waals surface area contributed by atoms with Crippen molar-refractivity contribution in [1.29, 1.82) is 0 Å². The maximum absolute atomic E-state index is 10.4. The van der Waals surface area contributed by atoms with Gasteiger partial charge in [0.25, 0.3) is 0 Å². The van der Waals surface area contributed by atoms with Crippen molar-refractivity contribution in [3.8, 4) is 17.2 Å². The topological polar surface area (TPSA) is 51.2 Å². The quantitative estimate of drug-likeness (QED) is 0.914. The summed E-state index contributed by atoms with van der Waals surface area (Å²) in [5.41, 5.74) is 1.92. The minimum Gasteiger partial charge on any atom is -0.492 e. The van der Waals surface area contributed by atoms with E-state index in [-0.39, 0.29) is 6.79 Å². The number of hydrogen-bond donors (Lipinski definition) is 1. The van der Waals surface area contributed by atoms with E-state index in [1.54, 1.807) is 7.11 Å². The fourth-order valence-corrected chi connectivity index (χ4v) is 2.93. The van der Waals surface area contributed by atoms with Crippen molar-refractivity contribution in [3.05, 3.63) is 17.2 Å². The van der Waals surface area contributed by atoms with Crippen LogP contribution in [0.25, 0.3) is 0 Å². The fraction of sp³-hybridized carbons (Fsp3) is 0.600. The summed E-state index contributed by atoms with van der Waals surface area (Å²) in [6.07, 6.45) is 1.78. The summed E-state index contributed by atoms with van der Waals surface area (Å²) in [7, 11) is 1.63. The molecule has 0 aliphatic carbocycles. The molecule has 5 nitrogen and oxygen atoms in total. The Hall–Kier alpha value is -1.46. The molecule has 0 radical (unpaired) electrons.